The van der Waals surface area contributed by atoms with Crippen LogP contribution in [0.4, 0.5) is 0 Å². The molecule has 6 nitrogen and oxygen atoms in total. The summed E-state index contributed by atoms with van der Waals surface area (Å²) in [6, 6.07) is 8.70. The maximum absolute atomic E-state index is 12.5. The van der Waals surface area contributed by atoms with Gasteiger partial charge in [-0.2, -0.15) is 0 Å². The first kappa shape index (κ1) is 15.9. The Bertz CT molecular complexity index is 966. The van der Waals surface area contributed by atoms with Gasteiger partial charge >= 0.3 is 0 Å². The third-order valence-corrected chi connectivity index (χ3v) is 4.62. The lowest BCUT2D eigenvalue weighted by Crippen LogP contribution is -2.35. The molecule has 0 fully saturated rings. The molecule has 1 aromatic carbocycles. The van der Waals surface area contributed by atoms with Gasteiger partial charge in [0.2, 0.25) is 0 Å². The van der Waals surface area contributed by atoms with Gasteiger partial charge in [-0.05, 0) is 29.8 Å². The molecule has 1 aliphatic rings. The molecule has 2 aromatic heterocycles. The second-order valence-corrected chi connectivity index (χ2v) is 6.47. The number of nitrogens with zero attached hydrogens (tertiary/aromatic N) is 2. The van der Waals surface area contributed by atoms with Gasteiger partial charge in [-0.15, -0.1) is 0 Å². The zero-order valence-corrected chi connectivity index (χ0v) is 14.1. The van der Waals surface area contributed by atoms with Gasteiger partial charge in [-0.1, -0.05) is 17.7 Å². The minimum Gasteiger partial charge on any atom is -0.506 e. The lowest BCUT2D eigenvalue weighted by molar-refractivity contribution is 0.241. The van der Waals surface area contributed by atoms with E-state index in [-0.39, 0.29) is 11.3 Å². The van der Waals surface area contributed by atoms with Crippen molar-refractivity contribution in [3.05, 3.63) is 68.8 Å². The molecule has 0 unspecified atom stereocenters. The molecule has 0 atom stereocenters. The molecule has 128 valence electrons. The largest absolute Gasteiger partial charge is 0.506 e. The summed E-state index contributed by atoms with van der Waals surface area (Å²) in [7, 11) is 0. The van der Waals surface area contributed by atoms with Crippen molar-refractivity contribution in [2.45, 2.75) is 19.5 Å². The standard InChI is InChI=1S/C18H16ClN3O3/c19-13-8-11(3-4-15(13)23)9-22-6-5-14-12(10-22)18(24)21-17(20-14)16-2-1-7-25-16/h1-4,7-8,23H,5-6,9-10H2,(H,20,21,24). The van der Waals surface area contributed by atoms with E-state index in [2.05, 4.69) is 14.9 Å². The number of aromatic nitrogens is 2. The SMILES string of the molecule is O=c1[nH]c(-c2ccco2)nc2c1CN(Cc1ccc(O)c(Cl)c1)CC2. The van der Waals surface area contributed by atoms with E-state index in [0.29, 0.717) is 41.7 Å². The minimum absolute atomic E-state index is 0.0699. The lowest BCUT2D eigenvalue weighted by atomic mass is 10.1. The van der Waals surface area contributed by atoms with E-state index in [1.54, 1.807) is 30.5 Å². The lowest BCUT2D eigenvalue weighted by Gasteiger charge is -2.27. The summed E-state index contributed by atoms with van der Waals surface area (Å²) in [5, 5.41) is 9.84. The van der Waals surface area contributed by atoms with Crippen LogP contribution in [0.3, 0.4) is 0 Å². The van der Waals surface area contributed by atoms with Crippen LogP contribution in [0.2, 0.25) is 5.02 Å². The van der Waals surface area contributed by atoms with Crippen LogP contribution < -0.4 is 5.56 Å². The van der Waals surface area contributed by atoms with Crippen molar-refractivity contribution in [1.82, 2.24) is 14.9 Å². The molecular weight excluding hydrogens is 342 g/mol. The maximum atomic E-state index is 12.5. The molecule has 2 N–H and O–H groups in total. The fourth-order valence-corrected chi connectivity index (χ4v) is 3.26. The number of fused-ring (bicyclic) bond motifs is 1. The summed E-state index contributed by atoms with van der Waals surface area (Å²) in [5.41, 5.74) is 2.36. The first-order valence-electron chi connectivity index (χ1n) is 7.96. The summed E-state index contributed by atoms with van der Waals surface area (Å²) < 4.78 is 5.31. The van der Waals surface area contributed by atoms with Crippen LogP contribution in [-0.2, 0) is 19.5 Å². The number of benzene rings is 1. The van der Waals surface area contributed by atoms with E-state index in [4.69, 9.17) is 16.0 Å². The molecule has 0 aliphatic carbocycles. The Morgan fingerprint density at radius 3 is 3.00 bits per heavy atom. The van der Waals surface area contributed by atoms with Gasteiger partial charge in [0.1, 0.15) is 5.75 Å². The number of rotatable bonds is 3. The predicted octanol–water partition coefficient (Wildman–Crippen LogP) is 2.95. The van der Waals surface area contributed by atoms with Crippen LogP contribution in [0.5, 0.6) is 5.75 Å². The molecule has 0 saturated carbocycles. The van der Waals surface area contributed by atoms with Gasteiger partial charge < -0.3 is 14.5 Å². The van der Waals surface area contributed by atoms with E-state index >= 15 is 0 Å². The van der Waals surface area contributed by atoms with Crippen molar-refractivity contribution in [2.24, 2.45) is 0 Å². The highest BCUT2D eigenvalue weighted by Gasteiger charge is 2.22. The molecule has 1 aliphatic heterocycles. The number of hydrogen-bond acceptors (Lipinski definition) is 5. The van der Waals surface area contributed by atoms with Crippen molar-refractivity contribution in [3.63, 3.8) is 0 Å². The van der Waals surface area contributed by atoms with Gasteiger partial charge in [-0.25, -0.2) is 4.98 Å². The van der Waals surface area contributed by atoms with Crippen LogP contribution in [-0.4, -0.2) is 26.5 Å². The predicted molar refractivity (Wildman–Crippen MR) is 93.5 cm³/mol. The van der Waals surface area contributed by atoms with Crippen molar-refractivity contribution in [2.75, 3.05) is 6.54 Å². The van der Waals surface area contributed by atoms with Crippen LogP contribution in [0.1, 0.15) is 16.8 Å². The fraction of sp³-hybridized carbons (Fsp3) is 0.222. The number of aromatic amines is 1. The number of halogens is 1. The molecule has 4 rings (SSSR count). The monoisotopic (exact) mass is 357 g/mol. The van der Waals surface area contributed by atoms with Crippen molar-refractivity contribution in [1.29, 1.82) is 0 Å². The Labute approximate surface area is 148 Å². The van der Waals surface area contributed by atoms with Gasteiger partial charge in [0.15, 0.2) is 11.6 Å². The number of hydrogen-bond donors (Lipinski definition) is 2. The molecule has 0 spiro atoms. The second-order valence-electron chi connectivity index (χ2n) is 6.06. The fourth-order valence-electron chi connectivity index (χ4n) is 3.05. The normalized spacial score (nSPS) is 14.4. The summed E-state index contributed by atoms with van der Waals surface area (Å²) in [4.78, 5) is 22.0. The minimum atomic E-state index is -0.134. The highest BCUT2D eigenvalue weighted by Crippen LogP contribution is 2.25. The number of aromatic hydroxyl groups is 1. The second kappa shape index (κ2) is 6.38. The van der Waals surface area contributed by atoms with Gasteiger partial charge in [0, 0.05) is 26.1 Å². The number of H-pyrrole nitrogens is 1. The average molecular weight is 358 g/mol. The smallest absolute Gasteiger partial charge is 0.256 e. The van der Waals surface area contributed by atoms with E-state index < -0.39 is 0 Å². The van der Waals surface area contributed by atoms with E-state index in [1.807, 2.05) is 6.07 Å². The molecule has 0 bridgehead atoms. The molecular formula is C18H16ClN3O3. The first-order valence-corrected chi connectivity index (χ1v) is 8.33. The summed E-state index contributed by atoms with van der Waals surface area (Å²) in [5.74, 6) is 1.09. The number of phenols is 1. The topological polar surface area (TPSA) is 82.4 Å². The van der Waals surface area contributed by atoms with E-state index in [9.17, 15) is 9.90 Å². The third-order valence-electron chi connectivity index (χ3n) is 4.32. The Balaban J connectivity index is 1.57. The van der Waals surface area contributed by atoms with Gasteiger partial charge in [0.25, 0.3) is 5.56 Å². The first-order chi connectivity index (χ1) is 12.1. The Hall–Kier alpha value is -2.57. The third kappa shape index (κ3) is 3.18. The molecule has 3 aromatic rings. The van der Waals surface area contributed by atoms with Crippen LogP contribution >= 0.6 is 11.6 Å². The Morgan fingerprint density at radius 1 is 1.36 bits per heavy atom. The van der Waals surface area contributed by atoms with E-state index in [1.165, 1.54) is 0 Å². The number of phenolic OH excluding ortho intramolecular Hbond substituents is 1. The number of nitrogens with one attached hydrogen (secondary N) is 1. The molecule has 7 heteroatoms. The molecule has 0 amide bonds. The molecule has 0 radical (unpaired) electrons. The van der Waals surface area contributed by atoms with Gasteiger partial charge in [-0.3, -0.25) is 9.69 Å². The Morgan fingerprint density at radius 2 is 2.24 bits per heavy atom. The summed E-state index contributed by atoms with van der Waals surface area (Å²) >= 11 is 5.96. The van der Waals surface area contributed by atoms with Crippen molar-refractivity contribution < 1.29 is 9.52 Å². The molecule has 3 heterocycles. The van der Waals surface area contributed by atoms with E-state index in [0.717, 1.165) is 17.8 Å². The summed E-state index contributed by atoms with van der Waals surface area (Å²) in [6.07, 6.45) is 2.25. The van der Waals surface area contributed by atoms with Crippen LogP contribution in [0.15, 0.2) is 45.8 Å². The highest BCUT2D eigenvalue weighted by molar-refractivity contribution is 6.32. The number of furan rings is 1. The Kier molecular flexibility index (Phi) is 4.07. The zero-order chi connectivity index (χ0) is 17.4. The van der Waals surface area contributed by atoms with Gasteiger partial charge in [0.05, 0.1) is 22.5 Å². The maximum Gasteiger partial charge on any atom is 0.256 e. The van der Waals surface area contributed by atoms with Crippen molar-refractivity contribution >= 4 is 11.6 Å². The quantitative estimate of drug-likeness (QED) is 0.753. The molecule has 25 heavy (non-hydrogen) atoms. The van der Waals surface area contributed by atoms with Crippen LogP contribution in [0, 0.1) is 0 Å². The summed E-state index contributed by atoms with van der Waals surface area (Å²) in [6.45, 7) is 1.97. The zero-order valence-electron chi connectivity index (χ0n) is 13.3. The van der Waals surface area contributed by atoms with Crippen LogP contribution in [0.25, 0.3) is 11.6 Å². The van der Waals surface area contributed by atoms with Crippen molar-refractivity contribution in [3.8, 4) is 17.3 Å². The average Bonchev–Trinajstić information content (AvgIpc) is 3.13. The highest BCUT2D eigenvalue weighted by atomic mass is 35.5. The molecule has 0 saturated heterocycles.